The lowest BCUT2D eigenvalue weighted by Crippen LogP contribution is -2.50. The van der Waals surface area contributed by atoms with Crippen LogP contribution in [-0.4, -0.2) is 39.6 Å². The Labute approximate surface area is 218 Å². The number of hydrogen-bond donors (Lipinski definition) is 3. The highest BCUT2D eigenvalue weighted by Gasteiger charge is 2.37. The second-order valence-corrected chi connectivity index (χ2v) is 9.84. The minimum Gasteiger partial charge on any atom is -0.497 e. The first kappa shape index (κ1) is 27.6. The number of benzene rings is 2. The molecule has 1 aromatic heterocycles. The Hall–Kier alpha value is -3.99. The van der Waals surface area contributed by atoms with E-state index in [-0.39, 0.29) is 28.4 Å². The van der Waals surface area contributed by atoms with E-state index in [0.717, 1.165) is 0 Å². The SMILES string of the molecule is CCC(C)(C)NC(=O)[C@@H](c1ccc(OC)cc1)N(Cc1ccccc1F)C(=O)c1snc(C(N)=O)c1N. The molecule has 11 heteroatoms. The summed E-state index contributed by atoms with van der Waals surface area (Å²) in [6.45, 7) is 5.39. The summed E-state index contributed by atoms with van der Waals surface area (Å²) < 4.78 is 23.9. The van der Waals surface area contributed by atoms with E-state index in [4.69, 9.17) is 16.2 Å². The Morgan fingerprint density at radius 1 is 1.16 bits per heavy atom. The van der Waals surface area contributed by atoms with Crippen LogP contribution in [-0.2, 0) is 11.3 Å². The van der Waals surface area contributed by atoms with E-state index in [0.29, 0.717) is 29.3 Å². The monoisotopic (exact) mass is 527 g/mol. The number of methoxy groups -OCH3 is 1. The van der Waals surface area contributed by atoms with Crippen molar-refractivity contribution in [2.45, 2.75) is 45.3 Å². The van der Waals surface area contributed by atoms with Crippen LogP contribution in [0, 0.1) is 5.82 Å². The topological polar surface area (TPSA) is 141 Å². The van der Waals surface area contributed by atoms with Crippen LogP contribution in [0.3, 0.4) is 0 Å². The standard InChI is InChI=1S/C26H30FN5O4S/c1-5-26(2,3)30-24(34)21(15-10-12-17(36-4)13-11-15)32(14-16-8-6-7-9-18(16)27)25(35)22-19(28)20(23(29)33)31-37-22/h6-13,21H,5,14,28H2,1-4H3,(H2,29,33)(H,30,34)/t21-/m1/s1. The lowest BCUT2D eigenvalue weighted by molar-refractivity contribution is -0.127. The third kappa shape index (κ3) is 6.23. The third-order valence-electron chi connectivity index (χ3n) is 6.05. The summed E-state index contributed by atoms with van der Waals surface area (Å²) in [6.07, 6.45) is 0.624. The quantitative estimate of drug-likeness (QED) is 0.368. The first-order valence-electron chi connectivity index (χ1n) is 11.5. The smallest absolute Gasteiger partial charge is 0.270 e. The van der Waals surface area contributed by atoms with E-state index < -0.39 is 35.1 Å². The summed E-state index contributed by atoms with van der Waals surface area (Å²) in [5.41, 5.74) is 11.0. The number of rotatable bonds is 10. The van der Waals surface area contributed by atoms with Crippen molar-refractivity contribution in [3.8, 4) is 5.75 Å². The number of nitrogens with one attached hydrogen (secondary N) is 1. The average Bonchev–Trinajstić information content (AvgIpc) is 3.26. The van der Waals surface area contributed by atoms with Crippen molar-refractivity contribution in [3.63, 3.8) is 0 Å². The number of ether oxygens (including phenoxy) is 1. The molecule has 0 aliphatic heterocycles. The van der Waals surface area contributed by atoms with Gasteiger partial charge in [-0.05, 0) is 55.6 Å². The maximum Gasteiger partial charge on any atom is 0.270 e. The van der Waals surface area contributed by atoms with E-state index >= 15 is 0 Å². The zero-order valence-corrected chi connectivity index (χ0v) is 21.9. The summed E-state index contributed by atoms with van der Waals surface area (Å²) >= 11 is 0.691. The van der Waals surface area contributed by atoms with Crippen LogP contribution in [0.5, 0.6) is 5.75 Å². The summed E-state index contributed by atoms with van der Waals surface area (Å²) in [4.78, 5) is 40.6. The highest BCUT2D eigenvalue weighted by atomic mass is 32.1. The molecule has 3 rings (SSSR count). The molecule has 2 aromatic carbocycles. The van der Waals surface area contributed by atoms with Gasteiger partial charge in [0.1, 0.15) is 22.5 Å². The molecule has 3 aromatic rings. The van der Waals surface area contributed by atoms with Gasteiger partial charge in [-0.2, -0.15) is 4.37 Å². The van der Waals surface area contributed by atoms with Crippen LogP contribution in [0.2, 0.25) is 0 Å². The summed E-state index contributed by atoms with van der Waals surface area (Å²) in [5.74, 6) is -2.04. The zero-order chi connectivity index (χ0) is 27.3. The van der Waals surface area contributed by atoms with Crippen LogP contribution in [0.15, 0.2) is 48.5 Å². The number of anilines is 1. The van der Waals surface area contributed by atoms with Gasteiger partial charge in [-0.25, -0.2) is 4.39 Å². The Morgan fingerprint density at radius 2 is 1.81 bits per heavy atom. The lowest BCUT2D eigenvalue weighted by atomic mass is 9.98. The molecule has 196 valence electrons. The van der Waals surface area contributed by atoms with E-state index in [1.54, 1.807) is 30.3 Å². The molecule has 0 spiro atoms. The van der Waals surface area contributed by atoms with Gasteiger partial charge in [0, 0.05) is 11.1 Å². The fourth-order valence-electron chi connectivity index (χ4n) is 3.60. The molecule has 0 radical (unpaired) electrons. The molecule has 5 N–H and O–H groups in total. The molecule has 37 heavy (non-hydrogen) atoms. The highest BCUT2D eigenvalue weighted by molar-refractivity contribution is 7.09. The van der Waals surface area contributed by atoms with Crippen molar-refractivity contribution < 1.29 is 23.5 Å². The number of nitrogen functional groups attached to an aromatic ring is 1. The third-order valence-corrected chi connectivity index (χ3v) is 6.90. The molecule has 1 atom stereocenters. The van der Waals surface area contributed by atoms with Gasteiger partial charge in [0.25, 0.3) is 11.8 Å². The van der Waals surface area contributed by atoms with Gasteiger partial charge in [-0.15, -0.1) is 0 Å². The van der Waals surface area contributed by atoms with Crippen molar-refractivity contribution in [3.05, 3.63) is 76.0 Å². The van der Waals surface area contributed by atoms with Crippen LogP contribution >= 0.6 is 11.5 Å². The molecule has 1 heterocycles. The first-order chi connectivity index (χ1) is 17.5. The number of carbonyl (C=O) groups is 3. The van der Waals surface area contributed by atoms with Gasteiger partial charge in [0.2, 0.25) is 5.91 Å². The Morgan fingerprint density at radius 3 is 2.35 bits per heavy atom. The molecule has 0 fully saturated rings. The molecule has 3 amide bonds. The summed E-state index contributed by atoms with van der Waals surface area (Å²) in [6, 6.07) is 11.4. The van der Waals surface area contributed by atoms with Crippen molar-refractivity contribution in [1.82, 2.24) is 14.6 Å². The van der Waals surface area contributed by atoms with Crippen molar-refractivity contribution in [2.24, 2.45) is 5.73 Å². The second-order valence-electron chi connectivity index (χ2n) is 9.07. The Bertz CT molecular complexity index is 1290. The Balaban J connectivity index is 2.18. The van der Waals surface area contributed by atoms with Gasteiger partial charge in [-0.1, -0.05) is 37.3 Å². The van der Waals surface area contributed by atoms with Crippen molar-refractivity contribution in [2.75, 3.05) is 12.8 Å². The fourth-order valence-corrected chi connectivity index (χ4v) is 4.36. The number of halogens is 1. The fraction of sp³-hybridized carbons (Fsp3) is 0.308. The molecule has 0 unspecified atom stereocenters. The minimum atomic E-state index is -1.18. The van der Waals surface area contributed by atoms with Gasteiger partial charge in [0.05, 0.1) is 19.3 Å². The van der Waals surface area contributed by atoms with E-state index in [2.05, 4.69) is 9.69 Å². The van der Waals surface area contributed by atoms with Crippen LogP contribution in [0.1, 0.15) is 64.5 Å². The molecular formula is C26H30FN5O4S. The highest BCUT2D eigenvalue weighted by Crippen LogP contribution is 2.32. The van der Waals surface area contributed by atoms with Gasteiger partial charge >= 0.3 is 0 Å². The van der Waals surface area contributed by atoms with E-state index in [1.807, 2.05) is 20.8 Å². The Kier molecular flexibility index (Phi) is 8.49. The molecule has 0 saturated heterocycles. The first-order valence-corrected chi connectivity index (χ1v) is 12.3. The number of nitrogens with two attached hydrogens (primary N) is 2. The summed E-state index contributed by atoms with van der Waals surface area (Å²) in [5, 5.41) is 2.98. The maximum atomic E-state index is 14.7. The summed E-state index contributed by atoms with van der Waals surface area (Å²) in [7, 11) is 1.51. The second kappa shape index (κ2) is 11.4. The van der Waals surface area contributed by atoms with Gasteiger partial charge in [0.15, 0.2) is 5.69 Å². The van der Waals surface area contributed by atoms with Crippen molar-refractivity contribution >= 4 is 34.9 Å². The number of hydrogen-bond acceptors (Lipinski definition) is 7. The predicted octanol–water partition coefficient (Wildman–Crippen LogP) is 3.66. The number of aromatic nitrogens is 1. The largest absolute Gasteiger partial charge is 0.497 e. The zero-order valence-electron chi connectivity index (χ0n) is 21.1. The van der Waals surface area contributed by atoms with E-state index in [1.165, 1.54) is 30.2 Å². The molecule has 0 aliphatic carbocycles. The molecule has 9 nitrogen and oxygen atoms in total. The molecule has 0 saturated carbocycles. The molecule has 0 aliphatic rings. The van der Waals surface area contributed by atoms with Gasteiger partial charge in [-0.3, -0.25) is 14.4 Å². The van der Waals surface area contributed by atoms with E-state index in [9.17, 15) is 18.8 Å². The lowest BCUT2D eigenvalue weighted by Gasteiger charge is -2.34. The van der Waals surface area contributed by atoms with Crippen LogP contribution in [0.4, 0.5) is 10.1 Å². The normalized spacial score (nSPS) is 12.0. The number of nitrogens with zero attached hydrogens (tertiary/aromatic N) is 2. The van der Waals surface area contributed by atoms with Crippen LogP contribution in [0.25, 0.3) is 0 Å². The predicted molar refractivity (Wildman–Crippen MR) is 140 cm³/mol. The number of carbonyl (C=O) groups excluding carboxylic acids is 3. The van der Waals surface area contributed by atoms with Crippen molar-refractivity contribution in [1.29, 1.82) is 0 Å². The minimum absolute atomic E-state index is 0.0776. The van der Waals surface area contributed by atoms with Crippen LogP contribution < -0.4 is 21.5 Å². The maximum absolute atomic E-state index is 14.7. The molecule has 0 bridgehead atoms. The van der Waals surface area contributed by atoms with Gasteiger partial charge < -0.3 is 26.4 Å². The molecular weight excluding hydrogens is 497 g/mol. The average molecular weight is 528 g/mol. The number of primary amides is 1. The number of amides is 3.